The quantitative estimate of drug-likeness (QED) is 0.826. The van der Waals surface area contributed by atoms with Gasteiger partial charge in [-0.25, -0.2) is 0 Å². The average molecular weight is 278 g/mol. The van der Waals surface area contributed by atoms with E-state index in [9.17, 15) is 0 Å². The molecular weight excluding hydrogens is 244 g/mol. The minimum absolute atomic E-state index is 0.468. The van der Waals surface area contributed by atoms with Crippen LogP contribution >= 0.6 is 0 Å². The molecule has 1 spiro atoms. The summed E-state index contributed by atoms with van der Waals surface area (Å²) >= 11 is 0. The summed E-state index contributed by atoms with van der Waals surface area (Å²) in [4.78, 5) is 2.94. The maximum Gasteiger partial charge on any atom is 0.0309 e. The van der Waals surface area contributed by atoms with Crippen molar-refractivity contribution in [2.24, 2.45) is 11.8 Å². The van der Waals surface area contributed by atoms with Crippen LogP contribution in [0.2, 0.25) is 0 Å². The number of piperazine rings is 1. The molecule has 20 heavy (non-hydrogen) atoms. The van der Waals surface area contributed by atoms with Crippen molar-refractivity contribution in [2.75, 3.05) is 13.1 Å². The van der Waals surface area contributed by atoms with E-state index in [0.29, 0.717) is 5.54 Å². The standard InChI is InChI=1S/C18H34N2/c1-4-16-12-19-18(10-6-5-7-11-18)13-20(16)17-9-8-14(2)15(17)3/h14-17,19H,4-13H2,1-3H3. The van der Waals surface area contributed by atoms with Crippen LogP contribution in [0.1, 0.15) is 72.1 Å². The van der Waals surface area contributed by atoms with Crippen LogP contribution in [-0.2, 0) is 0 Å². The molecule has 2 nitrogen and oxygen atoms in total. The molecule has 0 aromatic heterocycles. The minimum atomic E-state index is 0.468. The van der Waals surface area contributed by atoms with Crippen LogP contribution < -0.4 is 5.32 Å². The van der Waals surface area contributed by atoms with Gasteiger partial charge in [0, 0.05) is 30.7 Å². The van der Waals surface area contributed by atoms with Crippen LogP contribution in [0.5, 0.6) is 0 Å². The zero-order valence-corrected chi connectivity index (χ0v) is 13.8. The number of hydrogen-bond acceptors (Lipinski definition) is 2. The van der Waals surface area contributed by atoms with Crippen molar-refractivity contribution in [3.63, 3.8) is 0 Å². The van der Waals surface area contributed by atoms with Gasteiger partial charge in [-0.05, 0) is 43.9 Å². The summed E-state index contributed by atoms with van der Waals surface area (Å²) in [7, 11) is 0. The third kappa shape index (κ3) is 2.66. The van der Waals surface area contributed by atoms with Crippen molar-refractivity contribution in [3.8, 4) is 0 Å². The molecule has 2 heteroatoms. The Labute approximate surface area is 125 Å². The van der Waals surface area contributed by atoms with Gasteiger partial charge in [-0.1, -0.05) is 40.0 Å². The van der Waals surface area contributed by atoms with Crippen LogP contribution in [-0.4, -0.2) is 35.6 Å². The minimum Gasteiger partial charge on any atom is -0.308 e. The summed E-state index contributed by atoms with van der Waals surface area (Å²) in [6.45, 7) is 9.90. The largest absolute Gasteiger partial charge is 0.308 e. The van der Waals surface area contributed by atoms with E-state index < -0.39 is 0 Å². The van der Waals surface area contributed by atoms with E-state index in [1.807, 2.05) is 0 Å². The highest BCUT2D eigenvalue weighted by Crippen LogP contribution is 2.40. The first-order valence-corrected chi connectivity index (χ1v) is 9.16. The maximum absolute atomic E-state index is 3.97. The van der Waals surface area contributed by atoms with Gasteiger partial charge in [0.1, 0.15) is 0 Å². The van der Waals surface area contributed by atoms with E-state index in [-0.39, 0.29) is 0 Å². The monoisotopic (exact) mass is 278 g/mol. The molecule has 0 aromatic carbocycles. The fourth-order valence-corrected chi connectivity index (χ4v) is 5.12. The Hall–Kier alpha value is -0.0800. The lowest BCUT2D eigenvalue weighted by atomic mass is 9.78. The molecule has 1 heterocycles. The first-order chi connectivity index (χ1) is 9.65. The van der Waals surface area contributed by atoms with Crippen LogP contribution in [0.4, 0.5) is 0 Å². The van der Waals surface area contributed by atoms with E-state index >= 15 is 0 Å². The van der Waals surface area contributed by atoms with Gasteiger partial charge in [0.2, 0.25) is 0 Å². The fraction of sp³-hybridized carbons (Fsp3) is 1.00. The smallest absolute Gasteiger partial charge is 0.0309 e. The van der Waals surface area contributed by atoms with Gasteiger partial charge in [-0.15, -0.1) is 0 Å². The van der Waals surface area contributed by atoms with E-state index in [4.69, 9.17) is 0 Å². The van der Waals surface area contributed by atoms with Gasteiger partial charge in [0.25, 0.3) is 0 Å². The summed E-state index contributed by atoms with van der Waals surface area (Å²) in [5.74, 6) is 1.82. The molecule has 2 saturated carbocycles. The van der Waals surface area contributed by atoms with Gasteiger partial charge in [0.15, 0.2) is 0 Å². The van der Waals surface area contributed by atoms with Gasteiger partial charge >= 0.3 is 0 Å². The van der Waals surface area contributed by atoms with Gasteiger partial charge in [-0.3, -0.25) is 4.90 Å². The highest BCUT2D eigenvalue weighted by atomic mass is 15.3. The van der Waals surface area contributed by atoms with Crippen LogP contribution in [0.15, 0.2) is 0 Å². The van der Waals surface area contributed by atoms with Gasteiger partial charge in [0.05, 0.1) is 0 Å². The second-order valence-corrected chi connectivity index (χ2v) is 7.94. The van der Waals surface area contributed by atoms with Crippen molar-refractivity contribution in [2.45, 2.75) is 89.8 Å². The molecule has 0 aromatic rings. The van der Waals surface area contributed by atoms with E-state index in [2.05, 4.69) is 31.0 Å². The Kier molecular flexibility index (Phi) is 4.42. The lowest BCUT2D eigenvalue weighted by Crippen LogP contribution is -2.66. The Morgan fingerprint density at radius 3 is 2.45 bits per heavy atom. The lowest BCUT2D eigenvalue weighted by Gasteiger charge is -2.52. The summed E-state index contributed by atoms with van der Waals surface area (Å²) in [5.41, 5.74) is 0.468. The van der Waals surface area contributed by atoms with Crippen molar-refractivity contribution < 1.29 is 0 Å². The molecule has 4 unspecified atom stereocenters. The highest BCUT2D eigenvalue weighted by molar-refractivity contribution is 5.02. The molecule has 3 aliphatic rings. The third-order valence-electron chi connectivity index (χ3n) is 6.80. The Morgan fingerprint density at radius 1 is 1.10 bits per heavy atom. The van der Waals surface area contributed by atoms with E-state index in [0.717, 1.165) is 23.9 Å². The zero-order chi connectivity index (χ0) is 14.2. The highest BCUT2D eigenvalue weighted by Gasteiger charge is 2.44. The number of hydrogen-bond donors (Lipinski definition) is 1. The van der Waals surface area contributed by atoms with Crippen molar-refractivity contribution in [1.82, 2.24) is 10.2 Å². The molecule has 4 atom stereocenters. The van der Waals surface area contributed by atoms with Crippen LogP contribution in [0.25, 0.3) is 0 Å². The number of nitrogens with one attached hydrogen (secondary N) is 1. The molecule has 2 aliphatic carbocycles. The van der Waals surface area contributed by atoms with Crippen LogP contribution in [0, 0.1) is 11.8 Å². The maximum atomic E-state index is 3.97. The zero-order valence-electron chi connectivity index (χ0n) is 13.8. The van der Waals surface area contributed by atoms with Crippen molar-refractivity contribution >= 4 is 0 Å². The molecule has 0 radical (unpaired) electrons. The predicted octanol–water partition coefficient (Wildman–Crippen LogP) is 3.81. The van der Waals surface area contributed by atoms with Crippen molar-refractivity contribution in [3.05, 3.63) is 0 Å². The molecule has 3 fully saturated rings. The van der Waals surface area contributed by atoms with Gasteiger partial charge < -0.3 is 5.32 Å². The Bertz CT molecular complexity index is 321. The molecule has 1 saturated heterocycles. The Morgan fingerprint density at radius 2 is 1.85 bits per heavy atom. The second-order valence-electron chi connectivity index (χ2n) is 7.94. The first kappa shape index (κ1) is 14.8. The summed E-state index contributed by atoms with van der Waals surface area (Å²) in [5, 5.41) is 3.97. The molecule has 0 bridgehead atoms. The average Bonchev–Trinajstić information content (AvgIpc) is 2.80. The van der Waals surface area contributed by atoms with E-state index in [1.54, 1.807) is 0 Å². The molecule has 116 valence electrons. The van der Waals surface area contributed by atoms with Crippen LogP contribution in [0.3, 0.4) is 0 Å². The van der Waals surface area contributed by atoms with E-state index in [1.165, 1.54) is 64.5 Å². The first-order valence-electron chi connectivity index (χ1n) is 9.16. The number of rotatable bonds is 2. The number of nitrogens with zero attached hydrogens (tertiary/aromatic N) is 1. The topological polar surface area (TPSA) is 15.3 Å². The normalized spacial score (nSPS) is 42.1. The SMILES string of the molecule is CCC1CNC2(CCCCC2)CN1C1CCC(C)C1C. The predicted molar refractivity (Wildman–Crippen MR) is 86.0 cm³/mol. The van der Waals surface area contributed by atoms with Gasteiger partial charge in [-0.2, -0.15) is 0 Å². The summed E-state index contributed by atoms with van der Waals surface area (Å²) in [6.07, 6.45) is 11.3. The van der Waals surface area contributed by atoms with Crippen molar-refractivity contribution in [1.29, 1.82) is 0 Å². The molecule has 1 N–H and O–H groups in total. The summed E-state index contributed by atoms with van der Waals surface area (Å²) < 4.78 is 0. The Balaban J connectivity index is 1.75. The second kappa shape index (κ2) is 5.96. The lowest BCUT2D eigenvalue weighted by molar-refractivity contribution is 0.0100. The molecule has 3 rings (SSSR count). The third-order valence-corrected chi connectivity index (χ3v) is 6.80. The molecule has 1 aliphatic heterocycles. The molecule has 0 amide bonds. The summed E-state index contributed by atoms with van der Waals surface area (Å²) in [6, 6.07) is 1.64. The fourth-order valence-electron chi connectivity index (χ4n) is 5.12. The molecular formula is C18H34N2.